The van der Waals surface area contributed by atoms with Gasteiger partial charge in [0.15, 0.2) is 5.54 Å². The third-order valence-electron chi connectivity index (χ3n) is 6.27. The standard InChI is InChI=1S/C24H30N4O4S/c1-2-17-33(31,32)26-21-13-15-27(16-14-21)18-28-22(29)24(25-23(28)30,19-9-5-3-6-10-19)20-11-7-4-8-12-20/h3-12,21,26H,2,13-18H2,1H3,(H,25,30). The van der Waals surface area contributed by atoms with Gasteiger partial charge in [-0.05, 0) is 30.4 Å². The molecule has 0 bridgehead atoms. The third kappa shape index (κ3) is 4.80. The molecule has 176 valence electrons. The van der Waals surface area contributed by atoms with Crippen molar-refractivity contribution < 1.29 is 18.0 Å². The maximum absolute atomic E-state index is 13.8. The molecule has 0 saturated carbocycles. The topological polar surface area (TPSA) is 98.8 Å². The molecule has 2 N–H and O–H groups in total. The zero-order chi connectivity index (χ0) is 23.5. The highest BCUT2D eigenvalue weighted by molar-refractivity contribution is 7.89. The fourth-order valence-electron chi connectivity index (χ4n) is 4.61. The quantitative estimate of drug-likeness (QED) is 0.577. The van der Waals surface area contributed by atoms with E-state index in [1.54, 1.807) is 0 Å². The van der Waals surface area contributed by atoms with E-state index in [9.17, 15) is 18.0 Å². The molecule has 3 amide bonds. The number of rotatable bonds is 8. The van der Waals surface area contributed by atoms with Gasteiger partial charge in [0.05, 0.1) is 12.4 Å². The number of likely N-dealkylation sites (tertiary alicyclic amines) is 1. The Morgan fingerprint density at radius 1 is 0.970 bits per heavy atom. The Balaban J connectivity index is 1.49. The number of benzene rings is 2. The Morgan fingerprint density at radius 2 is 1.52 bits per heavy atom. The van der Waals surface area contributed by atoms with Gasteiger partial charge < -0.3 is 5.32 Å². The van der Waals surface area contributed by atoms with E-state index in [1.165, 1.54) is 4.90 Å². The van der Waals surface area contributed by atoms with Crippen LogP contribution < -0.4 is 10.0 Å². The van der Waals surface area contributed by atoms with Crippen LogP contribution in [0.4, 0.5) is 4.79 Å². The first-order valence-corrected chi connectivity index (χ1v) is 13.0. The summed E-state index contributed by atoms with van der Waals surface area (Å²) < 4.78 is 26.9. The van der Waals surface area contributed by atoms with Crippen molar-refractivity contribution in [2.45, 2.75) is 37.8 Å². The summed E-state index contributed by atoms with van der Waals surface area (Å²) in [6.07, 6.45) is 1.84. The molecular formula is C24H30N4O4S. The Hall–Kier alpha value is -2.75. The van der Waals surface area contributed by atoms with Crippen LogP contribution in [0.3, 0.4) is 0 Å². The van der Waals surface area contributed by atoms with Crippen molar-refractivity contribution >= 4 is 22.0 Å². The Morgan fingerprint density at radius 3 is 2.03 bits per heavy atom. The van der Waals surface area contributed by atoms with Crippen LogP contribution in [0.25, 0.3) is 0 Å². The molecule has 0 radical (unpaired) electrons. The third-order valence-corrected chi connectivity index (χ3v) is 7.91. The zero-order valence-corrected chi connectivity index (χ0v) is 19.6. The predicted octanol–water partition coefficient (Wildman–Crippen LogP) is 2.23. The molecule has 0 atom stereocenters. The van der Waals surface area contributed by atoms with Gasteiger partial charge in [-0.15, -0.1) is 0 Å². The second-order valence-electron chi connectivity index (χ2n) is 8.62. The molecule has 2 aliphatic rings. The highest BCUT2D eigenvalue weighted by atomic mass is 32.2. The molecule has 2 fully saturated rings. The van der Waals surface area contributed by atoms with E-state index in [2.05, 4.69) is 10.0 Å². The van der Waals surface area contributed by atoms with Gasteiger partial charge in [-0.2, -0.15) is 0 Å². The Kier molecular flexibility index (Phi) is 6.83. The minimum absolute atomic E-state index is 0.117. The van der Waals surface area contributed by atoms with Gasteiger partial charge in [-0.3, -0.25) is 9.69 Å². The van der Waals surface area contributed by atoms with E-state index in [1.807, 2.05) is 72.5 Å². The number of carbonyl (C=O) groups is 2. The molecule has 2 aromatic rings. The van der Waals surface area contributed by atoms with Gasteiger partial charge in [-0.25, -0.2) is 22.8 Å². The van der Waals surface area contributed by atoms with Crippen molar-refractivity contribution in [2.24, 2.45) is 0 Å². The van der Waals surface area contributed by atoms with Crippen LogP contribution in [0.2, 0.25) is 0 Å². The molecule has 0 aliphatic carbocycles. The van der Waals surface area contributed by atoms with Crippen molar-refractivity contribution in [3.8, 4) is 0 Å². The first-order valence-electron chi connectivity index (χ1n) is 11.3. The maximum Gasteiger partial charge on any atom is 0.326 e. The summed E-state index contributed by atoms with van der Waals surface area (Å²) in [4.78, 5) is 30.1. The molecule has 0 aromatic heterocycles. The van der Waals surface area contributed by atoms with Crippen LogP contribution in [-0.2, 0) is 20.4 Å². The smallest absolute Gasteiger partial charge is 0.315 e. The van der Waals surface area contributed by atoms with Crippen LogP contribution in [0, 0.1) is 0 Å². The minimum Gasteiger partial charge on any atom is -0.315 e. The minimum atomic E-state index is -3.26. The Bertz CT molecular complexity index is 1040. The Labute approximate surface area is 195 Å². The maximum atomic E-state index is 13.8. The van der Waals surface area contributed by atoms with E-state index < -0.39 is 21.6 Å². The number of hydrogen-bond acceptors (Lipinski definition) is 5. The first kappa shape index (κ1) is 23.4. The highest BCUT2D eigenvalue weighted by Gasteiger charge is 2.54. The van der Waals surface area contributed by atoms with Crippen LogP contribution >= 0.6 is 0 Å². The van der Waals surface area contributed by atoms with Gasteiger partial charge in [0, 0.05) is 19.1 Å². The second-order valence-corrected chi connectivity index (χ2v) is 10.5. The average molecular weight is 471 g/mol. The number of piperidine rings is 1. The highest BCUT2D eigenvalue weighted by Crippen LogP contribution is 2.36. The lowest BCUT2D eigenvalue weighted by Gasteiger charge is -2.34. The van der Waals surface area contributed by atoms with Gasteiger partial charge in [-0.1, -0.05) is 67.6 Å². The number of sulfonamides is 1. The molecule has 0 unspecified atom stereocenters. The van der Waals surface area contributed by atoms with E-state index in [-0.39, 0.29) is 24.4 Å². The zero-order valence-electron chi connectivity index (χ0n) is 18.7. The lowest BCUT2D eigenvalue weighted by Crippen LogP contribution is -2.50. The second kappa shape index (κ2) is 9.62. The van der Waals surface area contributed by atoms with E-state index >= 15 is 0 Å². The van der Waals surface area contributed by atoms with E-state index in [0.717, 1.165) is 0 Å². The molecule has 33 heavy (non-hydrogen) atoms. The normalized spacial score (nSPS) is 19.6. The molecule has 4 rings (SSSR count). The average Bonchev–Trinajstić information content (AvgIpc) is 3.07. The summed E-state index contributed by atoms with van der Waals surface area (Å²) in [5.41, 5.74) is 0.149. The molecule has 9 heteroatoms. The van der Waals surface area contributed by atoms with Crippen molar-refractivity contribution in [1.29, 1.82) is 0 Å². The van der Waals surface area contributed by atoms with Crippen LogP contribution in [0.1, 0.15) is 37.3 Å². The summed E-state index contributed by atoms with van der Waals surface area (Å²) in [5, 5.41) is 2.96. The lowest BCUT2D eigenvalue weighted by molar-refractivity contribution is -0.131. The molecule has 2 aromatic carbocycles. The summed E-state index contributed by atoms with van der Waals surface area (Å²) in [6.45, 7) is 3.20. The summed E-state index contributed by atoms with van der Waals surface area (Å²) in [5.74, 6) is -0.188. The summed E-state index contributed by atoms with van der Waals surface area (Å²) >= 11 is 0. The summed E-state index contributed by atoms with van der Waals surface area (Å²) in [6, 6.07) is 18.0. The van der Waals surface area contributed by atoms with Gasteiger partial charge >= 0.3 is 6.03 Å². The van der Waals surface area contributed by atoms with Gasteiger partial charge in [0.1, 0.15) is 0 Å². The van der Waals surface area contributed by atoms with Gasteiger partial charge in [0.2, 0.25) is 10.0 Å². The largest absolute Gasteiger partial charge is 0.326 e. The van der Waals surface area contributed by atoms with Crippen molar-refractivity contribution in [1.82, 2.24) is 19.8 Å². The molecule has 8 nitrogen and oxygen atoms in total. The predicted molar refractivity (Wildman–Crippen MR) is 126 cm³/mol. The number of nitrogens with zero attached hydrogens (tertiary/aromatic N) is 2. The number of imide groups is 1. The molecule has 0 spiro atoms. The number of urea groups is 1. The van der Waals surface area contributed by atoms with E-state index in [0.29, 0.717) is 43.5 Å². The fraction of sp³-hybridized carbons (Fsp3) is 0.417. The molecule has 2 heterocycles. The summed E-state index contributed by atoms with van der Waals surface area (Å²) in [7, 11) is -3.26. The number of hydrogen-bond donors (Lipinski definition) is 2. The SMILES string of the molecule is CCCS(=O)(=O)NC1CCN(CN2C(=O)NC(c3ccccc3)(c3ccccc3)C2=O)CC1. The van der Waals surface area contributed by atoms with Crippen LogP contribution in [-0.4, -0.2) is 61.7 Å². The fourth-order valence-corrected chi connectivity index (χ4v) is 6.01. The van der Waals surface area contributed by atoms with Crippen LogP contribution in [0.15, 0.2) is 60.7 Å². The first-order chi connectivity index (χ1) is 15.9. The van der Waals surface area contributed by atoms with E-state index in [4.69, 9.17) is 0 Å². The number of amides is 3. The molecule has 2 saturated heterocycles. The van der Waals surface area contributed by atoms with Crippen molar-refractivity contribution in [3.05, 3.63) is 71.8 Å². The number of carbonyl (C=O) groups excluding carboxylic acids is 2. The van der Waals surface area contributed by atoms with Gasteiger partial charge in [0.25, 0.3) is 5.91 Å². The monoisotopic (exact) mass is 470 g/mol. The van der Waals surface area contributed by atoms with Crippen LogP contribution in [0.5, 0.6) is 0 Å². The lowest BCUT2D eigenvalue weighted by atomic mass is 9.83. The van der Waals surface area contributed by atoms with Crippen molar-refractivity contribution in [2.75, 3.05) is 25.5 Å². The van der Waals surface area contributed by atoms with Crippen molar-refractivity contribution in [3.63, 3.8) is 0 Å². The molecular weight excluding hydrogens is 440 g/mol. The number of nitrogens with one attached hydrogen (secondary N) is 2. The molecule has 2 aliphatic heterocycles.